The van der Waals surface area contributed by atoms with Crippen molar-refractivity contribution in [2.75, 3.05) is 0 Å². The van der Waals surface area contributed by atoms with Gasteiger partial charge in [-0.25, -0.2) is 4.85 Å². The summed E-state index contributed by atoms with van der Waals surface area (Å²) in [6, 6.07) is 24.7. The summed E-state index contributed by atoms with van der Waals surface area (Å²) in [6.45, 7) is 7.90. The molecule has 8 nitrogen and oxygen atoms in total. The molecule has 40 heavy (non-hydrogen) atoms. The van der Waals surface area contributed by atoms with E-state index in [9.17, 15) is 14.9 Å². The summed E-state index contributed by atoms with van der Waals surface area (Å²) in [5.41, 5.74) is 4.99. The molecular formula is C32H24N6O2. The average Bonchev–Trinajstić information content (AvgIpc) is 3.60. The molecule has 8 heteroatoms. The monoisotopic (exact) mass is 524 g/mol. The van der Waals surface area contributed by atoms with Crippen molar-refractivity contribution in [1.29, 1.82) is 5.26 Å². The topological polar surface area (TPSA) is 118 Å². The zero-order valence-electron chi connectivity index (χ0n) is 21.4. The van der Waals surface area contributed by atoms with Crippen LogP contribution >= 0.6 is 0 Å². The highest BCUT2D eigenvalue weighted by atomic mass is 16.2. The molecule has 0 unspecified atom stereocenters. The quantitative estimate of drug-likeness (QED) is 0.123. The lowest BCUT2D eigenvalue weighted by Gasteiger charge is -2.08. The van der Waals surface area contributed by atoms with Gasteiger partial charge in [0.15, 0.2) is 0 Å². The van der Waals surface area contributed by atoms with Crippen molar-refractivity contribution in [2.45, 2.75) is 13.1 Å². The molecule has 0 aliphatic carbocycles. The molecule has 5 rings (SSSR count). The van der Waals surface area contributed by atoms with E-state index in [1.165, 1.54) is 0 Å². The number of para-hydroxylation sites is 2. The third-order valence-corrected chi connectivity index (χ3v) is 6.45. The molecule has 0 atom stereocenters. The van der Waals surface area contributed by atoms with E-state index in [1.54, 1.807) is 24.5 Å². The van der Waals surface area contributed by atoms with Gasteiger partial charge >= 0.3 is 0 Å². The number of nitriles is 1. The second kappa shape index (κ2) is 11.7. The van der Waals surface area contributed by atoms with Gasteiger partial charge in [-0.1, -0.05) is 60.7 Å². The standard InChI is InChI=1S/C32H24N6O2/c1-34-30(15-25-20-36-29-12-5-3-10-27(25)29)32(40)38-18-22-8-6-7-21(13-22)17-37-31(39)23(16-33)14-24-19-35-28-11-4-2-9-26(24)28/h2-15,19-20,35-36H,17-18H2,(H,37,39)(H,38,40). The molecule has 0 radical (unpaired) electrons. The Hall–Kier alpha value is -5.86. The van der Waals surface area contributed by atoms with Gasteiger partial charge < -0.3 is 20.6 Å². The third-order valence-electron chi connectivity index (χ3n) is 6.45. The number of aromatic amines is 2. The van der Waals surface area contributed by atoms with Crippen molar-refractivity contribution in [3.63, 3.8) is 0 Å². The largest absolute Gasteiger partial charge is 0.361 e. The van der Waals surface area contributed by atoms with Crippen LogP contribution in [0.2, 0.25) is 0 Å². The average molecular weight is 525 g/mol. The first-order valence-corrected chi connectivity index (χ1v) is 12.5. The number of hydrogen-bond donors (Lipinski definition) is 4. The van der Waals surface area contributed by atoms with Crippen LogP contribution in [0.1, 0.15) is 22.3 Å². The predicted octanol–water partition coefficient (Wildman–Crippen LogP) is 5.45. The Labute approximate surface area is 230 Å². The van der Waals surface area contributed by atoms with Crippen LogP contribution in [0.15, 0.2) is 96.5 Å². The number of fused-ring (bicyclic) bond motifs is 2. The molecule has 2 amide bonds. The number of nitrogens with one attached hydrogen (secondary N) is 4. The van der Waals surface area contributed by atoms with E-state index in [0.717, 1.165) is 44.1 Å². The molecule has 0 aliphatic rings. The minimum absolute atomic E-state index is 0.00170. The number of hydrogen-bond acceptors (Lipinski definition) is 3. The smallest absolute Gasteiger partial charge is 0.262 e. The van der Waals surface area contributed by atoms with Crippen molar-refractivity contribution < 1.29 is 9.59 Å². The zero-order chi connectivity index (χ0) is 27.9. The number of benzene rings is 3. The molecule has 0 fully saturated rings. The molecule has 5 aromatic rings. The van der Waals surface area contributed by atoms with Crippen LogP contribution in [-0.4, -0.2) is 21.8 Å². The molecule has 0 spiro atoms. The van der Waals surface area contributed by atoms with Crippen LogP contribution in [0.3, 0.4) is 0 Å². The van der Waals surface area contributed by atoms with Gasteiger partial charge in [-0.2, -0.15) is 5.26 Å². The summed E-state index contributed by atoms with van der Waals surface area (Å²) in [5.74, 6) is -0.948. The second-order valence-electron chi connectivity index (χ2n) is 9.08. The van der Waals surface area contributed by atoms with E-state index < -0.39 is 11.8 Å². The SMILES string of the molecule is [C-]#[N+]C(=Cc1c[nH]c2ccccc12)C(=O)NCc1cccc(CNC(=O)C(C#N)=Cc2c[nH]c3ccccc23)c1. The number of aromatic nitrogens is 2. The van der Waals surface area contributed by atoms with Gasteiger partial charge in [-0.05, 0) is 41.0 Å². The first-order chi connectivity index (χ1) is 19.6. The van der Waals surface area contributed by atoms with Crippen LogP contribution < -0.4 is 10.6 Å². The van der Waals surface area contributed by atoms with Gasteiger partial charge in [-0.15, -0.1) is 0 Å². The van der Waals surface area contributed by atoms with E-state index >= 15 is 0 Å². The van der Waals surface area contributed by atoms with Gasteiger partial charge in [0.05, 0.1) is 6.57 Å². The first-order valence-electron chi connectivity index (χ1n) is 12.5. The summed E-state index contributed by atoms with van der Waals surface area (Å²) < 4.78 is 0. The van der Waals surface area contributed by atoms with Crippen molar-refractivity contribution >= 4 is 45.8 Å². The number of rotatable bonds is 8. The maximum Gasteiger partial charge on any atom is 0.262 e. The number of nitrogens with zero attached hydrogens (tertiary/aromatic N) is 2. The Morgan fingerprint density at radius 1 is 0.800 bits per heavy atom. The summed E-state index contributed by atoms with van der Waals surface area (Å²) in [7, 11) is 0. The van der Waals surface area contributed by atoms with Crippen LogP contribution in [0.25, 0.3) is 38.8 Å². The molecule has 0 saturated heterocycles. The number of amides is 2. The predicted molar refractivity (Wildman–Crippen MR) is 155 cm³/mol. The summed E-state index contributed by atoms with van der Waals surface area (Å²) in [6.07, 6.45) is 6.68. The zero-order valence-corrected chi connectivity index (χ0v) is 21.4. The molecule has 0 saturated carbocycles. The fourth-order valence-electron chi connectivity index (χ4n) is 4.43. The lowest BCUT2D eigenvalue weighted by molar-refractivity contribution is -0.118. The Balaban J connectivity index is 1.21. The van der Waals surface area contributed by atoms with Gasteiger partial charge in [0, 0.05) is 52.9 Å². The normalized spacial score (nSPS) is 11.7. The Kier molecular flexibility index (Phi) is 7.53. The minimum atomic E-state index is -0.476. The maximum atomic E-state index is 12.7. The highest BCUT2D eigenvalue weighted by molar-refractivity contribution is 6.04. The Bertz CT molecular complexity index is 1740. The van der Waals surface area contributed by atoms with Crippen molar-refractivity contribution in [1.82, 2.24) is 20.6 Å². The van der Waals surface area contributed by atoms with E-state index in [-0.39, 0.29) is 24.4 Å². The summed E-state index contributed by atoms with van der Waals surface area (Å²) in [4.78, 5) is 35.1. The highest BCUT2D eigenvalue weighted by Gasteiger charge is 2.13. The number of carbonyl (C=O) groups is 2. The fourth-order valence-corrected chi connectivity index (χ4v) is 4.43. The molecule has 3 aromatic carbocycles. The summed E-state index contributed by atoms with van der Waals surface area (Å²) >= 11 is 0. The van der Waals surface area contributed by atoms with Gasteiger partial charge in [0.25, 0.3) is 17.5 Å². The second-order valence-corrected chi connectivity index (χ2v) is 9.08. The fraction of sp³-hybridized carbons (Fsp3) is 0.0625. The van der Waals surface area contributed by atoms with E-state index in [4.69, 9.17) is 6.57 Å². The molecule has 2 aromatic heterocycles. The molecule has 194 valence electrons. The molecule has 0 aliphatic heterocycles. The third kappa shape index (κ3) is 5.67. The van der Waals surface area contributed by atoms with E-state index in [0.29, 0.717) is 0 Å². The lowest BCUT2D eigenvalue weighted by atomic mass is 10.1. The minimum Gasteiger partial charge on any atom is -0.361 e. The van der Waals surface area contributed by atoms with Crippen molar-refractivity contribution in [3.05, 3.63) is 130 Å². The van der Waals surface area contributed by atoms with Gasteiger partial charge in [-0.3, -0.25) is 9.59 Å². The van der Waals surface area contributed by atoms with Crippen molar-refractivity contribution in [2.24, 2.45) is 0 Å². The summed E-state index contributed by atoms with van der Waals surface area (Å²) in [5, 5.41) is 17.0. The van der Waals surface area contributed by atoms with Crippen LogP contribution in [0.5, 0.6) is 0 Å². The number of carbonyl (C=O) groups excluding carboxylic acids is 2. The molecular weight excluding hydrogens is 500 g/mol. The lowest BCUT2D eigenvalue weighted by Crippen LogP contribution is -2.25. The first kappa shape index (κ1) is 25.8. The van der Waals surface area contributed by atoms with Crippen LogP contribution in [0.4, 0.5) is 0 Å². The van der Waals surface area contributed by atoms with E-state index in [1.807, 2.05) is 78.9 Å². The maximum absolute atomic E-state index is 12.7. The molecule has 2 heterocycles. The van der Waals surface area contributed by atoms with Crippen LogP contribution in [0, 0.1) is 17.9 Å². The molecule has 0 bridgehead atoms. The Morgan fingerprint density at radius 3 is 1.93 bits per heavy atom. The Morgan fingerprint density at radius 2 is 1.35 bits per heavy atom. The number of H-pyrrole nitrogens is 2. The van der Waals surface area contributed by atoms with Gasteiger partial charge in [0.2, 0.25) is 0 Å². The molecule has 4 N–H and O–H groups in total. The highest BCUT2D eigenvalue weighted by Crippen LogP contribution is 2.22. The van der Waals surface area contributed by atoms with Crippen LogP contribution in [-0.2, 0) is 22.7 Å². The van der Waals surface area contributed by atoms with Gasteiger partial charge in [0.1, 0.15) is 11.6 Å². The van der Waals surface area contributed by atoms with E-state index in [2.05, 4.69) is 25.4 Å². The van der Waals surface area contributed by atoms with Crippen molar-refractivity contribution in [3.8, 4) is 6.07 Å².